The van der Waals surface area contributed by atoms with Gasteiger partial charge in [-0.05, 0) is 65.9 Å². The quantitative estimate of drug-likeness (QED) is 0.667. The van der Waals surface area contributed by atoms with Crippen molar-refractivity contribution in [2.24, 2.45) is 11.8 Å². The Balaban J connectivity index is 1.40. The summed E-state index contributed by atoms with van der Waals surface area (Å²) in [7, 11) is 0. The molecule has 142 valence electrons. The smallest absolute Gasteiger partial charge is 0.251 e. The lowest BCUT2D eigenvalue weighted by Crippen LogP contribution is -2.26. The van der Waals surface area contributed by atoms with Crippen LogP contribution < -0.4 is 10.6 Å². The van der Waals surface area contributed by atoms with Crippen LogP contribution in [0.1, 0.15) is 42.2 Å². The molecule has 0 radical (unpaired) electrons. The molecule has 1 fully saturated rings. The van der Waals surface area contributed by atoms with Gasteiger partial charge < -0.3 is 10.6 Å². The average Bonchev–Trinajstić information content (AvgIpc) is 3.45. The summed E-state index contributed by atoms with van der Waals surface area (Å²) in [4.78, 5) is 24.6. The van der Waals surface area contributed by atoms with Crippen LogP contribution in [0.25, 0.3) is 10.8 Å². The van der Waals surface area contributed by atoms with Gasteiger partial charge in [0.05, 0.1) is 6.04 Å². The maximum Gasteiger partial charge on any atom is 0.251 e. The van der Waals surface area contributed by atoms with E-state index in [1.807, 2.05) is 25.1 Å². The summed E-state index contributed by atoms with van der Waals surface area (Å²) in [5.41, 5.74) is 2.36. The molecule has 4 rings (SSSR count). The van der Waals surface area contributed by atoms with Crippen molar-refractivity contribution < 1.29 is 9.59 Å². The Hall–Kier alpha value is -3.14. The van der Waals surface area contributed by atoms with Crippen LogP contribution in [0.2, 0.25) is 0 Å². The second-order valence-electron chi connectivity index (χ2n) is 7.69. The molecule has 0 spiro atoms. The lowest BCUT2D eigenvalue weighted by molar-refractivity contribution is -0.117. The Morgan fingerprint density at radius 2 is 1.64 bits per heavy atom. The fourth-order valence-corrected chi connectivity index (χ4v) is 3.47. The number of carbonyl (C=O) groups excluding carboxylic acids is 2. The first kappa shape index (κ1) is 18.2. The molecule has 0 bridgehead atoms. The first-order chi connectivity index (χ1) is 13.5. The highest BCUT2D eigenvalue weighted by molar-refractivity contribution is 5.97. The van der Waals surface area contributed by atoms with E-state index in [4.69, 9.17) is 0 Å². The van der Waals surface area contributed by atoms with Crippen LogP contribution in [0.3, 0.4) is 0 Å². The number of hydrogen-bond acceptors (Lipinski definition) is 2. The zero-order chi connectivity index (χ0) is 19.7. The van der Waals surface area contributed by atoms with Crippen LogP contribution in [-0.4, -0.2) is 11.8 Å². The number of carbonyl (C=O) groups is 2. The zero-order valence-electron chi connectivity index (χ0n) is 16.1. The van der Waals surface area contributed by atoms with E-state index in [0.29, 0.717) is 11.5 Å². The summed E-state index contributed by atoms with van der Waals surface area (Å²) >= 11 is 0. The monoisotopic (exact) mass is 372 g/mol. The van der Waals surface area contributed by atoms with Gasteiger partial charge in [0.15, 0.2) is 0 Å². The third-order valence-electron chi connectivity index (χ3n) is 5.48. The van der Waals surface area contributed by atoms with Crippen molar-refractivity contribution in [3.8, 4) is 0 Å². The summed E-state index contributed by atoms with van der Waals surface area (Å²) in [5, 5.41) is 8.30. The molecule has 2 N–H and O–H groups in total. The normalized spacial score (nSPS) is 19.1. The number of hydrogen-bond donors (Lipinski definition) is 2. The highest BCUT2D eigenvalue weighted by Crippen LogP contribution is 2.38. The molecule has 3 atom stereocenters. The number of fused-ring (bicyclic) bond motifs is 1. The minimum Gasteiger partial charge on any atom is -0.346 e. The molecule has 4 heteroatoms. The second-order valence-corrected chi connectivity index (χ2v) is 7.69. The molecule has 3 aromatic rings. The van der Waals surface area contributed by atoms with Crippen molar-refractivity contribution in [1.29, 1.82) is 0 Å². The molecule has 28 heavy (non-hydrogen) atoms. The summed E-state index contributed by atoms with van der Waals surface area (Å²) in [5.74, 6) is 0.538. The standard InChI is InChI=1S/C24H24N2O2/c1-15-13-22(15)24(28)26-21-11-9-18(10-12-21)23(27)25-16(2)19-8-7-17-5-3-4-6-20(17)14-19/h3-12,14-16,22H,13H2,1-2H3,(H,25,27)(H,26,28). The molecule has 3 aromatic carbocycles. The van der Waals surface area contributed by atoms with Crippen molar-refractivity contribution in [2.75, 3.05) is 5.32 Å². The maximum atomic E-state index is 12.6. The van der Waals surface area contributed by atoms with Gasteiger partial charge >= 0.3 is 0 Å². The maximum absolute atomic E-state index is 12.6. The summed E-state index contributed by atoms with van der Waals surface area (Å²) in [6, 6.07) is 21.4. The number of nitrogens with one attached hydrogen (secondary N) is 2. The van der Waals surface area contributed by atoms with E-state index < -0.39 is 0 Å². The van der Waals surface area contributed by atoms with Crippen molar-refractivity contribution in [3.05, 3.63) is 77.9 Å². The molecule has 3 unspecified atom stereocenters. The Morgan fingerprint density at radius 1 is 0.964 bits per heavy atom. The molecule has 1 aliphatic carbocycles. The van der Waals surface area contributed by atoms with E-state index in [9.17, 15) is 9.59 Å². The average molecular weight is 372 g/mol. The van der Waals surface area contributed by atoms with Crippen molar-refractivity contribution in [1.82, 2.24) is 5.32 Å². The highest BCUT2D eigenvalue weighted by Gasteiger charge is 2.39. The van der Waals surface area contributed by atoms with Crippen molar-refractivity contribution in [3.63, 3.8) is 0 Å². The first-order valence-electron chi connectivity index (χ1n) is 9.72. The van der Waals surface area contributed by atoms with Crippen LogP contribution in [0, 0.1) is 11.8 Å². The first-order valence-corrected chi connectivity index (χ1v) is 9.72. The minimum absolute atomic E-state index is 0.0645. The lowest BCUT2D eigenvalue weighted by atomic mass is 10.0. The van der Waals surface area contributed by atoms with Crippen LogP contribution in [0.5, 0.6) is 0 Å². The lowest BCUT2D eigenvalue weighted by Gasteiger charge is -2.15. The second kappa shape index (κ2) is 7.47. The largest absolute Gasteiger partial charge is 0.346 e. The van der Waals surface area contributed by atoms with Gasteiger partial charge in [0.25, 0.3) is 5.91 Å². The van der Waals surface area contributed by atoms with Gasteiger partial charge in [-0.1, -0.05) is 43.3 Å². The highest BCUT2D eigenvalue weighted by atomic mass is 16.2. The van der Waals surface area contributed by atoms with E-state index in [1.54, 1.807) is 24.3 Å². The molecule has 1 saturated carbocycles. The van der Waals surface area contributed by atoms with Crippen molar-refractivity contribution >= 4 is 28.3 Å². The Bertz CT molecular complexity index is 1030. The SMILES string of the molecule is CC(NC(=O)c1ccc(NC(=O)C2CC2C)cc1)c1ccc2ccccc2c1. The molecule has 2 amide bonds. The van der Waals surface area contributed by atoms with E-state index >= 15 is 0 Å². The van der Waals surface area contributed by atoms with E-state index in [1.165, 1.54) is 5.39 Å². The molecule has 0 aromatic heterocycles. The molecule has 0 aliphatic heterocycles. The third-order valence-corrected chi connectivity index (χ3v) is 5.48. The fourth-order valence-electron chi connectivity index (χ4n) is 3.47. The van der Waals surface area contributed by atoms with E-state index in [0.717, 1.165) is 23.1 Å². The van der Waals surface area contributed by atoms with Crippen LogP contribution in [-0.2, 0) is 4.79 Å². The molecule has 0 saturated heterocycles. The zero-order valence-corrected chi connectivity index (χ0v) is 16.1. The molecule has 0 heterocycles. The minimum atomic E-state index is -0.130. The van der Waals surface area contributed by atoms with Crippen LogP contribution >= 0.6 is 0 Å². The van der Waals surface area contributed by atoms with Gasteiger partial charge in [-0.25, -0.2) is 0 Å². The Labute approximate surface area is 165 Å². The van der Waals surface area contributed by atoms with Gasteiger partial charge in [-0.2, -0.15) is 0 Å². The Morgan fingerprint density at radius 3 is 2.32 bits per heavy atom. The predicted octanol–water partition coefficient (Wildman–Crippen LogP) is 4.93. The van der Waals surface area contributed by atoms with Crippen molar-refractivity contribution in [2.45, 2.75) is 26.3 Å². The van der Waals surface area contributed by atoms with E-state index in [2.05, 4.69) is 41.8 Å². The van der Waals surface area contributed by atoms with Gasteiger partial charge in [0.1, 0.15) is 0 Å². The summed E-state index contributed by atoms with van der Waals surface area (Å²) < 4.78 is 0. The molecule has 4 nitrogen and oxygen atoms in total. The van der Waals surface area contributed by atoms with Gasteiger partial charge in [0.2, 0.25) is 5.91 Å². The number of anilines is 1. The van der Waals surface area contributed by atoms with Gasteiger partial charge in [0, 0.05) is 17.2 Å². The summed E-state index contributed by atoms with van der Waals surface area (Å²) in [6.45, 7) is 4.06. The number of amides is 2. The van der Waals surface area contributed by atoms with Crippen LogP contribution in [0.15, 0.2) is 66.7 Å². The summed E-state index contributed by atoms with van der Waals surface area (Å²) in [6.07, 6.45) is 0.957. The predicted molar refractivity (Wildman–Crippen MR) is 112 cm³/mol. The molecular weight excluding hydrogens is 348 g/mol. The topological polar surface area (TPSA) is 58.2 Å². The van der Waals surface area contributed by atoms with Crippen LogP contribution in [0.4, 0.5) is 5.69 Å². The molecule has 1 aliphatic rings. The number of rotatable bonds is 5. The van der Waals surface area contributed by atoms with Gasteiger partial charge in [-0.15, -0.1) is 0 Å². The Kier molecular flexibility index (Phi) is 4.86. The third kappa shape index (κ3) is 3.91. The van der Waals surface area contributed by atoms with Gasteiger partial charge in [-0.3, -0.25) is 9.59 Å². The molecular formula is C24H24N2O2. The van der Waals surface area contributed by atoms with E-state index in [-0.39, 0.29) is 23.8 Å². The fraction of sp³-hybridized carbons (Fsp3) is 0.250. The number of benzene rings is 3.